The molecule has 0 atom stereocenters. The summed E-state index contributed by atoms with van der Waals surface area (Å²) in [5.74, 6) is 0. The molecule has 2 N–H and O–H groups in total. The molecule has 0 bridgehead atoms. The number of hydrazine groups is 1. The molecule has 0 amide bonds. The lowest BCUT2D eigenvalue weighted by molar-refractivity contribution is 0.278. The summed E-state index contributed by atoms with van der Waals surface area (Å²) in [5.41, 5.74) is 3.08. The lowest BCUT2D eigenvalue weighted by atomic mass is 10.6. The largest absolute Gasteiger partial charge is 0.327 e. The molecule has 0 aromatic rings. The Morgan fingerprint density at radius 1 is 1.50 bits per heavy atom. The van der Waals surface area contributed by atoms with E-state index < -0.39 is 0 Å². The van der Waals surface area contributed by atoms with Crippen molar-refractivity contribution in [2.24, 2.45) is 0 Å². The third-order valence-corrected chi connectivity index (χ3v) is 1.16. The Bertz CT molecular complexity index is 90.9. The van der Waals surface area contributed by atoms with Crippen LogP contribution in [0.4, 0.5) is 0 Å². The number of allylic oxidation sites excluding steroid dienone is 1. The molecule has 0 saturated carbocycles. The Labute approximate surface area is 63.1 Å². The zero-order valence-electron chi connectivity index (χ0n) is 7.02. The van der Waals surface area contributed by atoms with Crippen LogP contribution in [0.25, 0.3) is 0 Å². The molecule has 0 aliphatic carbocycles. The normalized spacial score (nSPS) is 11.2. The molecule has 10 heavy (non-hydrogen) atoms. The van der Waals surface area contributed by atoms with Crippen molar-refractivity contribution in [3.8, 4) is 0 Å². The zero-order valence-corrected chi connectivity index (χ0v) is 7.02. The van der Waals surface area contributed by atoms with Gasteiger partial charge < -0.3 is 10.7 Å². The highest BCUT2D eigenvalue weighted by atomic mass is 15.5. The molecule has 3 heteroatoms. The minimum Gasteiger partial charge on any atom is -0.327 e. The summed E-state index contributed by atoms with van der Waals surface area (Å²) in [7, 11) is 3.96. The SMILES string of the molecule is C/C=C\NN(C)CCNC. The van der Waals surface area contributed by atoms with E-state index in [1.807, 2.05) is 38.3 Å². The van der Waals surface area contributed by atoms with Gasteiger partial charge in [-0.3, -0.25) is 0 Å². The molecule has 0 rings (SSSR count). The highest BCUT2D eigenvalue weighted by molar-refractivity contribution is 4.71. The first-order valence-corrected chi connectivity index (χ1v) is 3.54. The molecule has 0 aliphatic heterocycles. The molecule has 0 aromatic heterocycles. The number of nitrogens with one attached hydrogen (secondary N) is 2. The van der Waals surface area contributed by atoms with Gasteiger partial charge in [0.1, 0.15) is 0 Å². The van der Waals surface area contributed by atoms with Crippen LogP contribution in [0.2, 0.25) is 0 Å². The van der Waals surface area contributed by atoms with Gasteiger partial charge in [0, 0.05) is 26.3 Å². The van der Waals surface area contributed by atoms with Crippen molar-refractivity contribution in [1.82, 2.24) is 15.8 Å². The van der Waals surface area contributed by atoms with Crippen LogP contribution < -0.4 is 10.7 Å². The molecule has 0 unspecified atom stereocenters. The van der Waals surface area contributed by atoms with E-state index in [9.17, 15) is 0 Å². The summed E-state index contributed by atoms with van der Waals surface area (Å²) >= 11 is 0. The van der Waals surface area contributed by atoms with Crippen LogP contribution in [0.15, 0.2) is 12.3 Å². The third kappa shape index (κ3) is 5.59. The Hall–Kier alpha value is -0.540. The Morgan fingerprint density at radius 2 is 2.20 bits per heavy atom. The number of nitrogens with zero attached hydrogens (tertiary/aromatic N) is 1. The minimum atomic E-state index is 1.00. The van der Waals surface area contributed by atoms with E-state index in [1.54, 1.807) is 0 Å². The van der Waals surface area contributed by atoms with Crippen LogP contribution in [0.3, 0.4) is 0 Å². The summed E-state index contributed by atoms with van der Waals surface area (Å²) in [6.45, 7) is 3.99. The second-order valence-corrected chi connectivity index (χ2v) is 2.15. The van der Waals surface area contributed by atoms with Crippen LogP contribution in [-0.2, 0) is 0 Å². The Balaban J connectivity index is 3.16. The van der Waals surface area contributed by atoms with Gasteiger partial charge in [0.15, 0.2) is 0 Å². The monoisotopic (exact) mass is 143 g/mol. The molecule has 0 fully saturated rings. The van der Waals surface area contributed by atoms with Crippen molar-refractivity contribution in [2.75, 3.05) is 27.2 Å². The van der Waals surface area contributed by atoms with Gasteiger partial charge in [0.05, 0.1) is 0 Å². The van der Waals surface area contributed by atoms with Crippen molar-refractivity contribution in [3.63, 3.8) is 0 Å². The fourth-order valence-corrected chi connectivity index (χ4v) is 0.546. The van der Waals surface area contributed by atoms with Crippen LogP contribution >= 0.6 is 0 Å². The van der Waals surface area contributed by atoms with Gasteiger partial charge in [-0.25, -0.2) is 5.01 Å². The minimum absolute atomic E-state index is 1.00. The summed E-state index contributed by atoms with van der Waals surface area (Å²) in [4.78, 5) is 0. The Morgan fingerprint density at radius 3 is 2.70 bits per heavy atom. The maximum Gasteiger partial charge on any atom is 0.0300 e. The van der Waals surface area contributed by atoms with Gasteiger partial charge in [-0.1, -0.05) is 6.08 Å². The highest BCUT2D eigenvalue weighted by Gasteiger charge is 1.89. The quantitative estimate of drug-likeness (QED) is 0.537. The first kappa shape index (κ1) is 9.46. The smallest absolute Gasteiger partial charge is 0.0300 e. The topological polar surface area (TPSA) is 27.3 Å². The zero-order chi connectivity index (χ0) is 7.82. The second kappa shape index (κ2) is 6.58. The maximum atomic E-state index is 3.08. The maximum absolute atomic E-state index is 3.08. The lowest BCUT2D eigenvalue weighted by Crippen LogP contribution is -2.35. The molecule has 0 heterocycles. The van der Waals surface area contributed by atoms with Gasteiger partial charge >= 0.3 is 0 Å². The van der Waals surface area contributed by atoms with Gasteiger partial charge in [-0.2, -0.15) is 0 Å². The molecule has 0 aliphatic rings. The predicted molar refractivity (Wildman–Crippen MR) is 44.5 cm³/mol. The number of hydrogen-bond acceptors (Lipinski definition) is 3. The van der Waals surface area contributed by atoms with Gasteiger partial charge in [-0.05, 0) is 14.0 Å². The average Bonchev–Trinajstić information content (AvgIpc) is 1.97. The first-order chi connectivity index (χ1) is 4.81. The highest BCUT2D eigenvalue weighted by Crippen LogP contribution is 1.72. The summed E-state index contributed by atoms with van der Waals surface area (Å²) in [6.07, 6.45) is 3.88. The van der Waals surface area contributed by atoms with Crippen molar-refractivity contribution in [3.05, 3.63) is 12.3 Å². The number of hydrogen-bond donors (Lipinski definition) is 2. The first-order valence-electron chi connectivity index (χ1n) is 3.54. The number of rotatable bonds is 5. The van der Waals surface area contributed by atoms with Gasteiger partial charge in [0.25, 0.3) is 0 Å². The van der Waals surface area contributed by atoms with E-state index in [1.165, 1.54) is 0 Å². The standard InChI is InChI=1S/C7H17N3/c1-4-5-9-10(3)7-6-8-2/h4-5,8-9H,6-7H2,1-3H3/b5-4-. The van der Waals surface area contributed by atoms with E-state index >= 15 is 0 Å². The van der Waals surface area contributed by atoms with Crippen molar-refractivity contribution >= 4 is 0 Å². The molecule has 60 valence electrons. The van der Waals surface area contributed by atoms with E-state index in [-0.39, 0.29) is 0 Å². The molecular weight excluding hydrogens is 126 g/mol. The second-order valence-electron chi connectivity index (χ2n) is 2.15. The van der Waals surface area contributed by atoms with Crippen LogP contribution in [-0.4, -0.2) is 32.2 Å². The third-order valence-electron chi connectivity index (χ3n) is 1.16. The molecule has 0 radical (unpaired) electrons. The molecule has 0 saturated heterocycles. The van der Waals surface area contributed by atoms with E-state index in [2.05, 4.69) is 10.7 Å². The molecule has 3 nitrogen and oxygen atoms in total. The van der Waals surface area contributed by atoms with E-state index in [0.717, 1.165) is 13.1 Å². The molecular formula is C7H17N3. The van der Waals surface area contributed by atoms with Crippen molar-refractivity contribution < 1.29 is 0 Å². The fourth-order valence-electron chi connectivity index (χ4n) is 0.546. The molecule has 0 aromatic carbocycles. The van der Waals surface area contributed by atoms with Crippen LogP contribution in [0.1, 0.15) is 6.92 Å². The average molecular weight is 143 g/mol. The Kier molecular flexibility index (Phi) is 6.22. The lowest BCUT2D eigenvalue weighted by Gasteiger charge is -2.15. The van der Waals surface area contributed by atoms with Crippen molar-refractivity contribution in [2.45, 2.75) is 6.92 Å². The van der Waals surface area contributed by atoms with E-state index in [0.29, 0.717) is 0 Å². The van der Waals surface area contributed by atoms with E-state index in [4.69, 9.17) is 0 Å². The van der Waals surface area contributed by atoms with Gasteiger partial charge in [0.2, 0.25) is 0 Å². The van der Waals surface area contributed by atoms with Crippen LogP contribution in [0.5, 0.6) is 0 Å². The fraction of sp³-hybridized carbons (Fsp3) is 0.714. The molecule has 0 spiro atoms. The van der Waals surface area contributed by atoms with Gasteiger partial charge in [-0.15, -0.1) is 0 Å². The summed E-state index contributed by atoms with van der Waals surface area (Å²) < 4.78 is 0. The predicted octanol–water partition coefficient (Wildman–Crippen LogP) is 0.176. The van der Waals surface area contributed by atoms with Crippen LogP contribution in [0, 0.1) is 0 Å². The number of likely N-dealkylation sites (N-methyl/N-ethyl adjacent to an activating group) is 2. The van der Waals surface area contributed by atoms with Crippen molar-refractivity contribution in [1.29, 1.82) is 0 Å². The summed E-state index contributed by atoms with van der Waals surface area (Å²) in [5, 5.41) is 5.09. The summed E-state index contributed by atoms with van der Waals surface area (Å²) in [6, 6.07) is 0.